The smallest absolute Gasteiger partial charge is 0.339 e. The van der Waals surface area contributed by atoms with Gasteiger partial charge < -0.3 is 14.2 Å². The van der Waals surface area contributed by atoms with Crippen molar-refractivity contribution >= 4 is 49.2 Å². The molecular formula is C16H15BrClNO6S. The molecule has 26 heavy (non-hydrogen) atoms. The number of nitrogens with one attached hydrogen (secondary N) is 1. The number of carbonyl (C=O) groups is 1. The molecule has 140 valence electrons. The van der Waals surface area contributed by atoms with Gasteiger partial charge in [-0.3, -0.25) is 4.72 Å². The van der Waals surface area contributed by atoms with E-state index in [1.165, 1.54) is 51.7 Å². The van der Waals surface area contributed by atoms with Gasteiger partial charge in [-0.2, -0.15) is 0 Å². The number of esters is 1. The summed E-state index contributed by atoms with van der Waals surface area (Å²) in [6, 6.07) is 6.83. The molecule has 10 heteroatoms. The van der Waals surface area contributed by atoms with Crippen LogP contribution in [0.1, 0.15) is 10.4 Å². The largest absolute Gasteiger partial charge is 0.495 e. The maximum Gasteiger partial charge on any atom is 0.339 e. The molecule has 0 aliphatic heterocycles. The number of sulfonamides is 1. The fourth-order valence-corrected chi connectivity index (χ4v) is 3.81. The van der Waals surface area contributed by atoms with E-state index >= 15 is 0 Å². The summed E-state index contributed by atoms with van der Waals surface area (Å²) in [4.78, 5) is 11.6. The minimum absolute atomic E-state index is 0.0797. The molecule has 0 saturated heterocycles. The van der Waals surface area contributed by atoms with E-state index in [0.717, 1.165) is 0 Å². The number of rotatable bonds is 6. The molecule has 0 amide bonds. The van der Waals surface area contributed by atoms with E-state index in [0.29, 0.717) is 4.47 Å². The van der Waals surface area contributed by atoms with E-state index in [-0.39, 0.29) is 32.7 Å². The number of carbonyl (C=O) groups excluding carboxylic acids is 1. The molecule has 0 bridgehead atoms. The normalized spacial score (nSPS) is 11.0. The van der Waals surface area contributed by atoms with Crippen LogP contribution in [0.15, 0.2) is 39.7 Å². The van der Waals surface area contributed by atoms with Crippen LogP contribution in [0, 0.1) is 0 Å². The predicted molar refractivity (Wildman–Crippen MR) is 101 cm³/mol. The van der Waals surface area contributed by atoms with Crippen LogP contribution < -0.4 is 14.2 Å². The first kappa shape index (κ1) is 20.3. The Labute approximate surface area is 164 Å². The van der Waals surface area contributed by atoms with E-state index in [1.807, 2.05) is 0 Å². The second kappa shape index (κ2) is 8.15. The van der Waals surface area contributed by atoms with Crippen molar-refractivity contribution in [2.75, 3.05) is 26.1 Å². The molecule has 0 heterocycles. The summed E-state index contributed by atoms with van der Waals surface area (Å²) < 4.78 is 43.2. The molecule has 1 N–H and O–H groups in total. The second-order valence-electron chi connectivity index (χ2n) is 4.93. The highest BCUT2D eigenvalue weighted by Crippen LogP contribution is 2.37. The second-order valence-corrected chi connectivity index (χ2v) is 7.87. The molecule has 7 nitrogen and oxygen atoms in total. The van der Waals surface area contributed by atoms with Gasteiger partial charge in [0.2, 0.25) is 0 Å². The van der Waals surface area contributed by atoms with Crippen LogP contribution in [-0.4, -0.2) is 35.7 Å². The summed E-state index contributed by atoms with van der Waals surface area (Å²) in [5, 5.41) is 0.268. The Morgan fingerprint density at radius 3 is 2.31 bits per heavy atom. The standard InChI is InChI=1S/C16H15BrClNO6S/c1-23-14-8-13(15(24-2)7-12(14)18)19-26(21,22)9-4-5-11(17)10(6-9)16(20)25-3/h4-8,19H,1-3H3. The first-order chi connectivity index (χ1) is 12.2. The number of ether oxygens (including phenoxy) is 3. The highest BCUT2D eigenvalue weighted by Gasteiger charge is 2.21. The van der Waals surface area contributed by atoms with Gasteiger partial charge in [-0.15, -0.1) is 0 Å². The third kappa shape index (κ3) is 4.22. The van der Waals surface area contributed by atoms with Crippen molar-refractivity contribution in [3.63, 3.8) is 0 Å². The fourth-order valence-electron chi connectivity index (χ4n) is 2.08. The Balaban J connectivity index is 2.48. The third-order valence-electron chi connectivity index (χ3n) is 3.37. The SMILES string of the molecule is COC(=O)c1cc(S(=O)(=O)Nc2cc(OC)c(Cl)cc2OC)ccc1Br. The molecule has 0 aliphatic carbocycles. The molecular weight excluding hydrogens is 450 g/mol. The molecule has 2 aromatic carbocycles. The molecule has 0 aromatic heterocycles. The maximum absolute atomic E-state index is 12.7. The van der Waals surface area contributed by atoms with Crippen molar-refractivity contribution in [1.29, 1.82) is 0 Å². The lowest BCUT2D eigenvalue weighted by Crippen LogP contribution is -2.15. The number of anilines is 1. The summed E-state index contributed by atoms with van der Waals surface area (Å²) in [5.41, 5.74) is 0.215. The number of hydrogen-bond donors (Lipinski definition) is 1. The lowest BCUT2D eigenvalue weighted by molar-refractivity contribution is 0.0599. The maximum atomic E-state index is 12.7. The Kier molecular flexibility index (Phi) is 6.38. The van der Waals surface area contributed by atoms with Crippen LogP contribution in [0.25, 0.3) is 0 Å². The van der Waals surface area contributed by atoms with Crippen molar-refractivity contribution in [3.8, 4) is 11.5 Å². The Morgan fingerprint density at radius 2 is 1.73 bits per heavy atom. The van der Waals surface area contributed by atoms with Gasteiger partial charge in [0.05, 0.1) is 42.5 Å². The first-order valence-electron chi connectivity index (χ1n) is 7.05. The van der Waals surface area contributed by atoms with Crippen molar-refractivity contribution < 1.29 is 27.4 Å². The average molecular weight is 465 g/mol. The molecule has 0 fully saturated rings. The molecule has 0 saturated carbocycles. The van der Waals surface area contributed by atoms with E-state index in [2.05, 4.69) is 25.4 Å². The van der Waals surface area contributed by atoms with Crippen LogP contribution in [0.3, 0.4) is 0 Å². The summed E-state index contributed by atoms with van der Waals surface area (Å²) >= 11 is 9.21. The summed E-state index contributed by atoms with van der Waals surface area (Å²) in [6.07, 6.45) is 0. The van der Waals surface area contributed by atoms with Gasteiger partial charge in [-0.1, -0.05) is 11.6 Å². The molecule has 2 rings (SSSR count). The molecule has 0 atom stereocenters. The summed E-state index contributed by atoms with van der Waals surface area (Å²) in [6.45, 7) is 0. The van der Waals surface area contributed by atoms with Crippen molar-refractivity contribution in [1.82, 2.24) is 0 Å². The van der Waals surface area contributed by atoms with Crippen LogP contribution >= 0.6 is 27.5 Å². The molecule has 0 aliphatic rings. The molecule has 0 unspecified atom stereocenters. The van der Waals surface area contributed by atoms with Crippen LogP contribution in [-0.2, 0) is 14.8 Å². The monoisotopic (exact) mass is 463 g/mol. The fraction of sp³-hybridized carbons (Fsp3) is 0.188. The minimum Gasteiger partial charge on any atom is -0.495 e. The number of hydrogen-bond acceptors (Lipinski definition) is 6. The van der Waals surface area contributed by atoms with Crippen LogP contribution in [0.5, 0.6) is 11.5 Å². The number of benzene rings is 2. The Hall–Kier alpha value is -1.97. The van der Waals surface area contributed by atoms with Crippen molar-refractivity contribution in [2.24, 2.45) is 0 Å². The molecule has 2 aromatic rings. The number of halogens is 2. The van der Waals surface area contributed by atoms with Gasteiger partial charge in [-0.25, -0.2) is 13.2 Å². The minimum atomic E-state index is -4.02. The van der Waals surface area contributed by atoms with E-state index in [4.69, 9.17) is 21.1 Å². The summed E-state index contributed by atoms with van der Waals surface area (Å²) in [5.74, 6) is -0.180. The van der Waals surface area contributed by atoms with Gasteiger partial charge in [0.25, 0.3) is 10.0 Å². The van der Waals surface area contributed by atoms with Crippen LogP contribution in [0.4, 0.5) is 5.69 Å². The van der Waals surface area contributed by atoms with E-state index in [9.17, 15) is 13.2 Å². The lowest BCUT2D eigenvalue weighted by Gasteiger charge is -2.15. The van der Waals surface area contributed by atoms with E-state index in [1.54, 1.807) is 0 Å². The Bertz CT molecular complexity index is 948. The predicted octanol–water partition coefficient (Wildman–Crippen LogP) is 3.71. The zero-order valence-corrected chi connectivity index (χ0v) is 17.2. The number of methoxy groups -OCH3 is 3. The molecule has 0 spiro atoms. The van der Waals surface area contributed by atoms with Gasteiger partial charge in [0.15, 0.2) is 0 Å². The first-order valence-corrected chi connectivity index (χ1v) is 9.71. The van der Waals surface area contributed by atoms with Crippen LogP contribution in [0.2, 0.25) is 5.02 Å². The lowest BCUT2D eigenvalue weighted by atomic mass is 10.2. The van der Waals surface area contributed by atoms with Gasteiger partial charge in [-0.05, 0) is 34.1 Å². The van der Waals surface area contributed by atoms with Crippen molar-refractivity contribution in [3.05, 3.63) is 45.4 Å². The highest BCUT2D eigenvalue weighted by atomic mass is 79.9. The average Bonchev–Trinajstić information content (AvgIpc) is 2.62. The van der Waals surface area contributed by atoms with Gasteiger partial charge in [0.1, 0.15) is 11.5 Å². The van der Waals surface area contributed by atoms with Crippen molar-refractivity contribution in [2.45, 2.75) is 4.90 Å². The molecule has 0 radical (unpaired) electrons. The quantitative estimate of drug-likeness (QED) is 0.656. The van der Waals surface area contributed by atoms with E-state index < -0.39 is 16.0 Å². The zero-order chi connectivity index (χ0) is 19.5. The summed E-state index contributed by atoms with van der Waals surface area (Å²) in [7, 11) is -0.0286. The topological polar surface area (TPSA) is 90.9 Å². The zero-order valence-electron chi connectivity index (χ0n) is 14.0. The third-order valence-corrected chi connectivity index (χ3v) is 5.72. The highest BCUT2D eigenvalue weighted by molar-refractivity contribution is 9.10. The van der Waals surface area contributed by atoms with Gasteiger partial charge >= 0.3 is 5.97 Å². The Morgan fingerprint density at radius 1 is 1.08 bits per heavy atom. The van der Waals surface area contributed by atoms with Gasteiger partial charge in [0, 0.05) is 16.6 Å².